The van der Waals surface area contributed by atoms with Gasteiger partial charge in [-0.2, -0.15) is 0 Å². The second-order valence-electron chi connectivity index (χ2n) is 6.20. The van der Waals surface area contributed by atoms with Crippen LogP contribution in [0.3, 0.4) is 0 Å². The number of pyridine rings is 1. The Hall–Kier alpha value is -1.42. The Balaban J connectivity index is 1.77. The van der Waals surface area contributed by atoms with E-state index in [1.807, 2.05) is 32.2 Å². The molecule has 1 aliphatic rings. The molecule has 1 aliphatic carbocycles. The van der Waals surface area contributed by atoms with E-state index in [1.54, 1.807) is 6.20 Å². The summed E-state index contributed by atoms with van der Waals surface area (Å²) in [4.78, 5) is 16.3. The Morgan fingerprint density at radius 3 is 2.80 bits per heavy atom. The quantitative estimate of drug-likeness (QED) is 0.837. The van der Waals surface area contributed by atoms with Gasteiger partial charge in [-0.1, -0.05) is 18.9 Å². The summed E-state index contributed by atoms with van der Waals surface area (Å²) in [6.07, 6.45) is 8.70. The Labute approximate surface area is 121 Å². The van der Waals surface area contributed by atoms with Crippen LogP contribution in [0.15, 0.2) is 24.5 Å². The Kier molecular flexibility index (Phi) is 5.12. The third-order valence-corrected chi connectivity index (χ3v) is 4.05. The summed E-state index contributed by atoms with van der Waals surface area (Å²) in [6, 6.07) is 3.91. The van der Waals surface area contributed by atoms with Gasteiger partial charge in [0.25, 0.3) is 0 Å². The van der Waals surface area contributed by atoms with Crippen LogP contribution < -0.4 is 10.6 Å². The standard InChI is InChI=1S/C16H25N3O/c1-16(2,19-12-14-8-5-9-17-10-14)15(20)18-11-13-6-3-4-7-13/h5,8-10,13,19H,3-4,6-7,11-12H2,1-2H3,(H,18,20). The van der Waals surface area contributed by atoms with Crippen LogP contribution in [0.1, 0.15) is 45.1 Å². The fourth-order valence-electron chi connectivity index (χ4n) is 2.58. The van der Waals surface area contributed by atoms with Gasteiger partial charge in [0.1, 0.15) is 0 Å². The molecule has 4 nitrogen and oxygen atoms in total. The van der Waals surface area contributed by atoms with Gasteiger partial charge in [0.15, 0.2) is 0 Å². The number of aromatic nitrogens is 1. The summed E-state index contributed by atoms with van der Waals surface area (Å²) in [5.41, 5.74) is 0.526. The SMILES string of the molecule is CC(C)(NCc1cccnc1)C(=O)NCC1CCCC1. The van der Waals surface area contributed by atoms with Crippen molar-refractivity contribution in [2.45, 2.75) is 51.6 Å². The maximum absolute atomic E-state index is 12.3. The normalized spacial score (nSPS) is 16.3. The predicted molar refractivity (Wildman–Crippen MR) is 80.1 cm³/mol. The van der Waals surface area contributed by atoms with Crippen molar-refractivity contribution in [3.8, 4) is 0 Å². The topological polar surface area (TPSA) is 54.0 Å². The van der Waals surface area contributed by atoms with Gasteiger partial charge in [0, 0.05) is 25.5 Å². The monoisotopic (exact) mass is 275 g/mol. The predicted octanol–water partition coefficient (Wildman–Crippen LogP) is 2.26. The molecule has 1 amide bonds. The Morgan fingerprint density at radius 1 is 1.40 bits per heavy atom. The van der Waals surface area contributed by atoms with Crippen molar-refractivity contribution in [3.05, 3.63) is 30.1 Å². The zero-order valence-electron chi connectivity index (χ0n) is 12.5. The van der Waals surface area contributed by atoms with Crippen LogP contribution in [0.4, 0.5) is 0 Å². The zero-order chi connectivity index (χ0) is 14.4. The summed E-state index contributed by atoms with van der Waals surface area (Å²) in [6.45, 7) is 5.31. The number of carbonyl (C=O) groups is 1. The lowest BCUT2D eigenvalue weighted by molar-refractivity contribution is -0.126. The Bertz CT molecular complexity index is 425. The van der Waals surface area contributed by atoms with Gasteiger partial charge in [-0.25, -0.2) is 0 Å². The first kappa shape index (κ1) is 15.0. The molecular weight excluding hydrogens is 250 g/mol. The third kappa shape index (κ3) is 4.30. The highest BCUT2D eigenvalue weighted by molar-refractivity contribution is 5.85. The van der Waals surface area contributed by atoms with E-state index in [2.05, 4.69) is 15.6 Å². The fraction of sp³-hybridized carbons (Fsp3) is 0.625. The molecule has 2 rings (SSSR count). The minimum Gasteiger partial charge on any atom is -0.354 e. The molecule has 1 aromatic rings. The summed E-state index contributed by atoms with van der Waals surface area (Å²) in [5.74, 6) is 0.751. The molecule has 110 valence electrons. The molecule has 0 radical (unpaired) electrons. The minimum absolute atomic E-state index is 0.0771. The summed E-state index contributed by atoms with van der Waals surface area (Å²) in [5, 5.41) is 6.38. The molecule has 20 heavy (non-hydrogen) atoms. The van der Waals surface area contributed by atoms with Gasteiger partial charge in [0.2, 0.25) is 5.91 Å². The fourth-order valence-corrected chi connectivity index (χ4v) is 2.58. The van der Waals surface area contributed by atoms with Gasteiger partial charge in [-0.05, 0) is 44.2 Å². The highest BCUT2D eigenvalue weighted by atomic mass is 16.2. The number of carbonyl (C=O) groups excluding carboxylic acids is 1. The summed E-state index contributed by atoms with van der Waals surface area (Å²) < 4.78 is 0. The van der Waals surface area contributed by atoms with Crippen molar-refractivity contribution < 1.29 is 4.79 Å². The average Bonchev–Trinajstić information content (AvgIpc) is 2.97. The van der Waals surface area contributed by atoms with E-state index < -0.39 is 5.54 Å². The minimum atomic E-state index is -0.561. The third-order valence-electron chi connectivity index (χ3n) is 4.05. The zero-order valence-corrected chi connectivity index (χ0v) is 12.5. The van der Waals surface area contributed by atoms with Gasteiger partial charge in [-0.15, -0.1) is 0 Å². The second kappa shape index (κ2) is 6.84. The first-order valence-corrected chi connectivity index (χ1v) is 7.50. The number of nitrogens with one attached hydrogen (secondary N) is 2. The average molecular weight is 275 g/mol. The molecule has 0 aromatic carbocycles. The maximum Gasteiger partial charge on any atom is 0.239 e. The molecule has 0 spiro atoms. The number of rotatable bonds is 6. The van der Waals surface area contributed by atoms with E-state index in [-0.39, 0.29) is 5.91 Å². The number of hydrogen-bond acceptors (Lipinski definition) is 3. The van der Waals surface area contributed by atoms with Crippen molar-refractivity contribution in [2.75, 3.05) is 6.54 Å². The molecule has 1 aromatic heterocycles. The molecule has 0 aliphatic heterocycles. The van der Waals surface area contributed by atoms with E-state index in [0.717, 1.165) is 12.1 Å². The summed E-state index contributed by atoms with van der Waals surface area (Å²) >= 11 is 0. The number of amides is 1. The van der Waals surface area contributed by atoms with Crippen LogP contribution in [-0.2, 0) is 11.3 Å². The number of nitrogens with zero attached hydrogens (tertiary/aromatic N) is 1. The molecule has 0 atom stereocenters. The van der Waals surface area contributed by atoms with Crippen molar-refractivity contribution in [1.29, 1.82) is 0 Å². The molecule has 4 heteroatoms. The van der Waals surface area contributed by atoms with E-state index in [9.17, 15) is 4.79 Å². The molecule has 1 saturated carbocycles. The maximum atomic E-state index is 12.3. The van der Waals surface area contributed by atoms with Crippen LogP contribution >= 0.6 is 0 Å². The van der Waals surface area contributed by atoms with Gasteiger partial charge in [-0.3, -0.25) is 15.1 Å². The first-order valence-electron chi connectivity index (χ1n) is 7.50. The molecular formula is C16H25N3O. The molecule has 1 heterocycles. The van der Waals surface area contributed by atoms with Gasteiger partial charge < -0.3 is 5.32 Å². The highest BCUT2D eigenvalue weighted by Crippen LogP contribution is 2.23. The smallest absolute Gasteiger partial charge is 0.239 e. The molecule has 0 bridgehead atoms. The van der Waals surface area contributed by atoms with Gasteiger partial charge in [0.05, 0.1) is 5.54 Å². The molecule has 0 unspecified atom stereocenters. The molecule has 2 N–H and O–H groups in total. The van der Waals surface area contributed by atoms with Gasteiger partial charge >= 0.3 is 0 Å². The van der Waals surface area contributed by atoms with E-state index in [1.165, 1.54) is 25.7 Å². The van der Waals surface area contributed by atoms with Crippen molar-refractivity contribution in [3.63, 3.8) is 0 Å². The van der Waals surface area contributed by atoms with Crippen molar-refractivity contribution in [1.82, 2.24) is 15.6 Å². The van der Waals surface area contributed by atoms with Crippen LogP contribution in [0, 0.1) is 5.92 Å². The van der Waals surface area contributed by atoms with Crippen LogP contribution in [-0.4, -0.2) is 23.0 Å². The van der Waals surface area contributed by atoms with E-state index in [4.69, 9.17) is 0 Å². The van der Waals surface area contributed by atoms with Crippen LogP contribution in [0.2, 0.25) is 0 Å². The van der Waals surface area contributed by atoms with Crippen LogP contribution in [0.5, 0.6) is 0 Å². The largest absolute Gasteiger partial charge is 0.354 e. The first-order chi connectivity index (χ1) is 9.58. The van der Waals surface area contributed by atoms with Crippen molar-refractivity contribution >= 4 is 5.91 Å². The highest BCUT2D eigenvalue weighted by Gasteiger charge is 2.27. The van der Waals surface area contributed by atoms with E-state index in [0.29, 0.717) is 12.5 Å². The molecule has 1 fully saturated rings. The molecule has 0 saturated heterocycles. The van der Waals surface area contributed by atoms with Crippen LogP contribution in [0.25, 0.3) is 0 Å². The lowest BCUT2D eigenvalue weighted by Gasteiger charge is -2.26. The summed E-state index contributed by atoms with van der Waals surface area (Å²) in [7, 11) is 0. The lowest BCUT2D eigenvalue weighted by atomic mass is 10.0. The van der Waals surface area contributed by atoms with Crippen molar-refractivity contribution in [2.24, 2.45) is 5.92 Å². The van der Waals surface area contributed by atoms with E-state index >= 15 is 0 Å². The lowest BCUT2D eigenvalue weighted by Crippen LogP contribution is -2.53. The Morgan fingerprint density at radius 2 is 2.15 bits per heavy atom. The second-order valence-corrected chi connectivity index (χ2v) is 6.20. The number of hydrogen-bond donors (Lipinski definition) is 2.